The van der Waals surface area contributed by atoms with E-state index in [0.717, 1.165) is 38.5 Å². The fourth-order valence-corrected chi connectivity index (χ4v) is 8.03. The first-order valence-corrected chi connectivity index (χ1v) is 11.8. The lowest BCUT2D eigenvalue weighted by Crippen LogP contribution is -2.65. The second kappa shape index (κ2) is 6.44. The Bertz CT molecular complexity index is 579. The highest BCUT2D eigenvalue weighted by Crippen LogP contribution is 2.67. The van der Waals surface area contributed by atoms with E-state index in [1.807, 2.05) is 0 Å². The lowest BCUT2D eigenvalue weighted by molar-refractivity contribution is -0.312. The molecule has 5 saturated carbocycles. The van der Waals surface area contributed by atoms with E-state index in [2.05, 4.69) is 48.5 Å². The summed E-state index contributed by atoms with van der Waals surface area (Å²) in [5.74, 6) is 3.93. The van der Waals surface area contributed by atoms with Crippen LogP contribution >= 0.6 is 0 Å². The minimum atomic E-state index is -0.714. The minimum Gasteiger partial charge on any atom is -0.390 e. The van der Waals surface area contributed by atoms with Crippen molar-refractivity contribution in [1.82, 2.24) is 0 Å². The highest BCUT2D eigenvalue weighted by molar-refractivity contribution is 5.13. The predicted octanol–water partition coefficient (Wildman–Crippen LogP) is 5.39. The maximum atomic E-state index is 11.4. The van der Waals surface area contributed by atoms with Crippen LogP contribution in [0.2, 0.25) is 0 Å². The van der Waals surface area contributed by atoms with Crippen molar-refractivity contribution in [3.8, 4) is 0 Å². The van der Waals surface area contributed by atoms with Gasteiger partial charge in [-0.3, -0.25) is 0 Å². The molecule has 0 aromatic carbocycles. The van der Waals surface area contributed by atoms with Crippen LogP contribution in [0.25, 0.3) is 0 Å². The van der Waals surface area contributed by atoms with E-state index in [9.17, 15) is 10.2 Å². The fraction of sp³-hybridized carbons (Fsp3) is 1.00. The van der Waals surface area contributed by atoms with Crippen LogP contribution in [0.3, 0.4) is 0 Å². The Hall–Kier alpha value is -0.120. The number of aliphatic hydroxyl groups is 2. The van der Waals surface area contributed by atoms with Gasteiger partial charge in [-0.05, 0) is 92.8 Å². The zero-order valence-corrected chi connectivity index (χ0v) is 19.3. The van der Waals surface area contributed by atoms with Gasteiger partial charge in [0, 0.05) is 5.41 Å². The zero-order valence-electron chi connectivity index (χ0n) is 19.3. The smallest absolute Gasteiger partial charge is 0.161 e. The Kier molecular flexibility index (Phi) is 4.86. The second-order valence-corrected chi connectivity index (χ2v) is 13.2. The maximum absolute atomic E-state index is 11.4. The quantitative estimate of drug-likeness (QED) is 0.617. The Morgan fingerprint density at radius 3 is 1.93 bits per heavy atom. The van der Waals surface area contributed by atoms with Gasteiger partial charge in [0.05, 0.1) is 11.2 Å². The summed E-state index contributed by atoms with van der Waals surface area (Å²) >= 11 is 0. The van der Waals surface area contributed by atoms with Crippen molar-refractivity contribution in [3.05, 3.63) is 0 Å². The van der Waals surface area contributed by atoms with Gasteiger partial charge in [-0.25, -0.2) is 0 Å². The molecule has 6 unspecified atom stereocenters. The Morgan fingerprint density at radius 2 is 1.46 bits per heavy atom. The molecule has 2 N–H and O–H groups in total. The summed E-state index contributed by atoms with van der Waals surface area (Å²) in [4.78, 5) is 0. The van der Waals surface area contributed by atoms with Crippen molar-refractivity contribution in [2.45, 2.75) is 111 Å². The molecule has 0 saturated heterocycles. The van der Waals surface area contributed by atoms with Crippen LogP contribution in [0, 0.1) is 46.3 Å². The van der Waals surface area contributed by atoms with Crippen molar-refractivity contribution in [1.29, 1.82) is 0 Å². The monoisotopic (exact) mass is 392 g/mol. The van der Waals surface area contributed by atoms with Crippen LogP contribution in [0.5, 0.6) is 0 Å². The van der Waals surface area contributed by atoms with Crippen LogP contribution in [0.4, 0.5) is 0 Å². The molecule has 3 nitrogen and oxygen atoms in total. The second-order valence-electron chi connectivity index (χ2n) is 13.2. The summed E-state index contributed by atoms with van der Waals surface area (Å²) in [6.07, 6.45) is 6.80. The van der Waals surface area contributed by atoms with Crippen molar-refractivity contribution >= 4 is 0 Å². The molecular weight excluding hydrogens is 348 g/mol. The summed E-state index contributed by atoms with van der Waals surface area (Å²) in [5.41, 5.74) is -0.877. The zero-order chi connectivity index (χ0) is 20.7. The first kappa shape index (κ1) is 21.1. The van der Waals surface area contributed by atoms with E-state index in [1.54, 1.807) is 0 Å². The summed E-state index contributed by atoms with van der Waals surface area (Å²) in [5, 5.41) is 22.2. The van der Waals surface area contributed by atoms with Crippen molar-refractivity contribution < 1.29 is 14.9 Å². The van der Waals surface area contributed by atoms with E-state index in [4.69, 9.17) is 4.74 Å². The van der Waals surface area contributed by atoms with Gasteiger partial charge >= 0.3 is 0 Å². The van der Waals surface area contributed by atoms with Crippen LogP contribution in [-0.4, -0.2) is 27.7 Å². The third kappa shape index (κ3) is 3.28. The number of hydrogen-bond acceptors (Lipinski definition) is 3. The number of aliphatic hydroxyl groups excluding tert-OH is 1. The van der Waals surface area contributed by atoms with Gasteiger partial charge in [0.15, 0.2) is 6.29 Å². The lowest BCUT2D eigenvalue weighted by Gasteiger charge is -2.67. The summed E-state index contributed by atoms with van der Waals surface area (Å²) < 4.78 is 6.75. The first-order chi connectivity index (χ1) is 12.8. The molecule has 5 fully saturated rings. The molecule has 0 aromatic rings. The van der Waals surface area contributed by atoms with Crippen molar-refractivity contribution in [2.24, 2.45) is 46.3 Å². The molecule has 0 radical (unpaired) electrons. The van der Waals surface area contributed by atoms with Crippen LogP contribution in [0.1, 0.15) is 93.4 Å². The topological polar surface area (TPSA) is 49.7 Å². The number of rotatable bonds is 5. The predicted molar refractivity (Wildman–Crippen MR) is 113 cm³/mol. The molecule has 0 heterocycles. The summed E-state index contributed by atoms with van der Waals surface area (Å²) in [7, 11) is 0. The molecule has 5 aliphatic rings. The van der Waals surface area contributed by atoms with E-state index in [-0.39, 0.29) is 16.4 Å². The molecule has 0 aromatic heterocycles. The molecule has 3 heteroatoms. The van der Waals surface area contributed by atoms with E-state index >= 15 is 0 Å². The van der Waals surface area contributed by atoms with Crippen LogP contribution < -0.4 is 0 Å². The standard InChI is InChI=1S/C25H44O3/c1-15(2)9-24(7,22(3,4)5)21(26)28-25-10-16-8-17(11-25)19-13-23(6,27)12-18(16)20(19)14-25/h15-21,26-27H,8-14H2,1-7H3. The van der Waals surface area contributed by atoms with Gasteiger partial charge in [0.25, 0.3) is 0 Å². The van der Waals surface area contributed by atoms with E-state index in [1.165, 1.54) is 6.42 Å². The maximum Gasteiger partial charge on any atom is 0.161 e. The van der Waals surface area contributed by atoms with Gasteiger partial charge < -0.3 is 14.9 Å². The molecule has 5 aliphatic carbocycles. The average Bonchev–Trinajstić information content (AvgIpc) is 2.51. The highest BCUT2D eigenvalue weighted by atomic mass is 16.6. The molecule has 162 valence electrons. The third-order valence-electron chi connectivity index (χ3n) is 9.60. The largest absolute Gasteiger partial charge is 0.390 e. The molecule has 0 aliphatic heterocycles. The van der Waals surface area contributed by atoms with Gasteiger partial charge in [-0.1, -0.05) is 41.5 Å². The Morgan fingerprint density at radius 1 is 0.929 bits per heavy atom. The molecule has 0 spiro atoms. The van der Waals surface area contributed by atoms with Crippen LogP contribution in [-0.2, 0) is 4.74 Å². The minimum absolute atomic E-state index is 0.0197. The summed E-state index contributed by atoms with van der Waals surface area (Å²) in [6, 6.07) is 0. The lowest BCUT2D eigenvalue weighted by atomic mass is 9.41. The first-order valence-electron chi connectivity index (χ1n) is 11.8. The van der Waals surface area contributed by atoms with Gasteiger partial charge in [-0.2, -0.15) is 0 Å². The van der Waals surface area contributed by atoms with Crippen molar-refractivity contribution in [2.75, 3.05) is 0 Å². The molecule has 28 heavy (non-hydrogen) atoms. The molecule has 6 atom stereocenters. The van der Waals surface area contributed by atoms with Gasteiger partial charge in [0.1, 0.15) is 0 Å². The molecule has 0 amide bonds. The SMILES string of the molecule is CC(C)CC(C)(C(O)OC12CC3CC(C1)C1CC(C)(O)CC3C1C2)C(C)(C)C. The van der Waals surface area contributed by atoms with Crippen LogP contribution in [0.15, 0.2) is 0 Å². The highest BCUT2D eigenvalue weighted by Gasteiger charge is 2.64. The Balaban J connectivity index is 1.56. The number of hydrogen-bond donors (Lipinski definition) is 2. The van der Waals surface area contributed by atoms with E-state index in [0.29, 0.717) is 35.5 Å². The van der Waals surface area contributed by atoms with Gasteiger partial charge in [-0.15, -0.1) is 0 Å². The summed E-state index contributed by atoms with van der Waals surface area (Å²) in [6.45, 7) is 15.5. The van der Waals surface area contributed by atoms with Gasteiger partial charge in [0.2, 0.25) is 0 Å². The molecular formula is C25H44O3. The molecule has 5 rings (SSSR count). The average molecular weight is 393 g/mol. The normalized spacial score (nSPS) is 48.0. The Labute approximate surface area is 172 Å². The van der Waals surface area contributed by atoms with E-state index < -0.39 is 11.9 Å². The fourth-order valence-electron chi connectivity index (χ4n) is 8.03. The van der Waals surface area contributed by atoms with Crippen molar-refractivity contribution in [3.63, 3.8) is 0 Å². The third-order valence-corrected chi connectivity index (χ3v) is 9.60. The number of ether oxygens (including phenoxy) is 1. The molecule has 6 bridgehead atoms.